The minimum Gasteiger partial charge on any atom is -0.355 e. The standard InChI is InChI=1S/C7H11ClF3NO/c8-5-6(13)12-4-2-1-3-7(9,10)11/h1-5H2,(H,12,13). The van der Waals surface area contributed by atoms with Gasteiger partial charge in [-0.3, -0.25) is 4.79 Å². The summed E-state index contributed by atoms with van der Waals surface area (Å²) >= 11 is 5.15. The van der Waals surface area contributed by atoms with E-state index in [9.17, 15) is 18.0 Å². The molecule has 0 aliphatic carbocycles. The van der Waals surface area contributed by atoms with Crippen molar-refractivity contribution in [2.45, 2.75) is 25.4 Å². The van der Waals surface area contributed by atoms with Gasteiger partial charge in [0.15, 0.2) is 0 Å². The Bertz CT molecular complexity index is 160. The van der Waals surface area contributed by atoms with Crippen molar-refractivity contribution in [2.75, 3.05) is 12.4 Å². The lowest BCUT2D eigenvalue weighted by molar-refractivity contribution is -0.135. The number of unbranched alkanes of at least 4 members (excludes halogenated alkanes) is 1. The van der Waals surface area contributed by atoms with Gasteiger partial charge in [0.1, 0.15) is 5.88 Å². The van der Waals surface area contributed by atoms with E-state index in [0.717, 1.165) is 0 Å². The van der Waals surface area contributed by atoms with Crippen molar-refractivity contribution in [3.8, 4) is 0 Å². The van der Waals surface area contributed by atoms with Crippen molar-refractivity contribution in [2.24, 2.45) is 0 Å². The third-order valence-electron chi connectivity index (χ3n) is 1.33. The molecule has 0 rings (SSSR count). The number of hydrogen-bond acceptors (Lipinski definition) is 1. The number of hydrogen-bond donors (Lipinski definition) is 1. The van der Waals surface area contributed by atoms with Crippen molar-refractivity contribution >= 4 is 17.5 Å². The highest BCUT2D eigenvalue weighted by atomic mass is 35.5. The fourth-order valence-electron chi connectivity index (χ4n) is 0.725. The molecule has 0 aliphatic heterocycles. The molecule has 0 spiro atoms. The first-order valence-corrected chi connectivity index (χ1v) is 4.38. The second kappa shape index (κ2) is 6.07. The number of carbonyl (C=O) groups excluding carboxylic acids is 1. The van der Waals surface area contributed by atoms with Gasteiger partial charge in [0.05, 0.1) is 0 Å². The largest absolute Gasteiger partial charge is 0.389 e. The highest BCUT2D eigenvalue weighted by molar-refractivity contribution is 6.27. The van der Waals surface area contributed by atoms with E-state index in [2.05, 4.69) is 5.32 Å². The molecule has 1 N–H and O–H groups in total. The highest BCUT2D eigenvalue weighted by Crippen LogP contribution is 2.21. The highest BCUT2D eigenvalue weighted by Gasteiger charge is 2.25. The Morgan fingerprint density at radius 1 is 1.31 bits per heavy atom. The zero-order valence-electron chi connectivity index (χ0n) is 6.96. The molecule has 0 saturated carbocycles. The number of carbonyl (C=O) groups is 1. The van der Waals surface area contributed by atoms with Crippen molar-refractivity contribution < 1.29 is 18.0 Å². The van der Waals surface area contributed by atoms with E-state index in [1.807, 2.05) is 0 Å². The molecule has 1 amide bonds. The van der Waals surface area contributed by atoms with E-state index in [-0.39, 0.29) is 24.8 Å². The Morgan fingerprint density at radius 2 is 1.92 bits per heavy atom. The van der Waals surface area contributed by atoms with E-state index in [1.54, 1.807) is 0 Å². The summed E-state index contributed by atoms with van der Waals surface area (Å²) in [6.45, 7) is 0.252. The van der Waals surface area contributed by atoms with Crippen LogP contribution in [0.2, 0.25) is 0 Å². The van der Waals surface area contributed by atoms with Crippen molar-refractivity contribution in [3.05, 3.63) is 0 Å². The molecule has 0 aromatic carbocycles. The molecule has 0 aromatic rings. The fourth-order valence-corrected chi connectivity index (χ4v) is 0.820. The predicted octanol–water partition coefficient (Wildman–Crippen LogP) is 2.07. The molecule has 0 bridgehead atoms. The lowest BCUT2D eigenvalue weighted by Gasteiger charge is -2.05. The van der Waals surface area contributed by atoms with Gasteiger partial charge >= 0.3 is 6.18 Å². The zero-order valence-corrected chi connectivity index (χ0v) is 7.71. The molecule has 0 atom stereocenters. The Morgan fingerprint density at radius 3 is 2.38 bits per heavy atom. The van der Waals surface area contributed by atoms with Gasteiger partial charge in [0.2, 0.25) is 5.91 Å². The summed E-state index contributed by atoms with van der Waals surface area (Å²) in [6, 6.07) is 0. The van der Waals surface area contributed by atoms with Gasteiger partial charge < -0.3 is 5.32 Å². The second-order valence-corrected chi connectivity index (χ2v) is 2.82. The number of rotatable bonds is 5. The molecule has 78 valence electrons. The van der Waals surface area contributed by atoms with Gasteiger partial charge in [0, 0.05) is 13.0 Å². The van der Waals surface area contributed by atoms with E-state index < -0.39 is 12.6 Å². The summed E-state index contributed by atoms with van der Waals surface area (Å²) in [7, 11) is 0. The van der Waals surface area contributed by atoms with Crippen LogP contribution in [-0.4, -0.2) is 24.5 Å². The lowest BCUT2D eigenvalue weighted by Crippen LogP contribution is -2.25. The van der Waals surface area contributed by atoms with E-state index in [1.165, 1.54) is 0 Å². The molecule has 0 aliphatic rings. The van der Waals surface area contributed by atoms with E-state index in [0.29, 0.717) is 6.42 Å². The maximum Gasteiger partial charge on any atom is 0.389 e. The first kappa shape index (κ1) is 12.6. The zero-order chi connectivity index (χ0) is 10.3. The van der Waals surface area contributed by atoms with Crippen LogP contribution in [0.5, 0.6) is 0 Å². The topological polar surface area (TPSA) is 29.1 Å². The second-order valence-electron chi connectivity index (χ2n) is 2.56. The predicted molar refractivity (Wildman–Crippen MR) is 43.6 cm³/mol. The summed E-state index contributed by atoms with van der Waals surface area (Å²) < 4.78 is 34.8. The molecule has 0 aromatic heterocycles. The minimum atomic E-state index is -4.10. The average molecular weight is 218 g/mol. The molecule has 0 radical (unpaired) electrons. The smallest absolute Gasteiger partial charge is 0.355 e. The number of amides is 1. The molecular formula is C7H11ClF3NO. The van der Waals surface area contributed by atoms with Crippen LogP contribution in [0.25, 0.3) is 0 Å². The Hall–Kier alpha value is -0.450. The summed E-state index contributed by atoms with van der Waals surface area (Å²) in [5.41, 5.74) is 0. The van der Waals surface area contributed by atoms with Gasteiger partial charge in [0.25, 0.3) is 0 Å². The maximum absolute atomic E-state index is 11.6. The quantitative estimate of drug-likeness (QED) is 0.554. The van der Waals surface area contributed by atoms with Crippen LogP contribution in [0, 0.1) is 0 Å². The third kappa shape index (κ3) is 9.46. The lowest BCUT2D eigenvalue weighted by atomic mass is 10.2. The first-order chi connectivity index (χ1) is 5.95. The molecule has 6 heteroatoms. The number of halogens is 4. The normalized spacial score (nSPS) is 11.4. The molecule has 0 heterocycles. The van der Waals surface area contributed by atoms with Gasteiger partial charge in [-0.2, -0.15) is 13.2 Å². The third-order valence-corrected chi connectivity index (χ3v) is 1.57. The molecule has 0 saturated heterocycles. The summed E-state index contributed by atoms with van der Waals surface area (Å²) in [5, 5.41) is 2.38. The first-order valence-electron chi connectivity index (χ1n) is 3.85. The van der Waals surface area contributed by atoms with Crippen LogP contribution >= 0.6 is 11.6 Å². The Balaban J connectivity index is 3.22. The molecule has 0 unspecified atom stereocenters. The van der Waals surface area contributed by atoms with Crippen LogP contribution in [-0.2, 0) is 4.79 Å². The van der Waals surface area contributed by atoms with Gasteiger partial charge in [-0.1, -0.05) is 0 Å². The Kier molecular flexibility index (Phi) is 5.86. The van der Waals surface area contributed by atoms with Crippen LogP contribution in [0.1, 0.15) is 19.3 Å². The fraction of sp³-hybridized carbons (Fsp3) is 0.857. The molecule has 2 nitrogen and oxygen atoms in total. The van der Waals surface area contributed by atoms with E-state index in [4.69, 9.17) is 11.6 Å². The van der Waals surface area contributed by atoms with Gasteiger partial charge in [-0.25, -0.2) is 0 Å². The molecule has 0 fully saturated rings. The van der Waals surface area contributed by atoms with E-state index >= 15 is 0 Å². The van der Waals surface area contributed by atoms with Gasteiger partial charge in [-0.05, 0) is 12.8 Å². The summed E-state index contributed by atoms with van der Waals surface area (Å²) in [4.78, 5) is 10.5. The van der Waals surface area contributed by atoms with Crippen molar-refractivity contribution in [3.63, 3.8) is 0 Å². The molecule has 13 heavy (non-hydrogen) atoms. The SMILES string of the molecule is O=C(CCl)NCCCCC(F)(F)F. The van der Waals surface area contributed by atoms with Crippen LogP contribution in [0.3, 0.4) is 0 Å². The minimum absolute atomic E-state index is 0.0338. The van der Waals surface area contributed by atoms with Crippen molar-refractivity contribution in [1.29, 1.82) is 0 Å². The van der Waals surface area contributed by atoms with Crippen LogP contribution in [0.15, 0.2) is 0 Å². The summed E-state index contributed by atoms with van der Waals surface area (Å²) in [6.07, 6.45) is -4.55. The monoisotopic (exact) mass is 217 g/mol. The van der Waals surface area contributed by atoms with Crippen molar-refractivity contribution in [1.82, 2.24) is 5.32 Å². The van der Waals surface area contributed by atoms with Crippen LogP contribution in [0.4, 0.5) is 13.2 Å². The summed E-state index contributed by atoms with van der Waals surface area (Å²) in [5.74, 6) is -0.507. The maximum atomic E-state index is 11.6. The molecular weight excluding hydrogens is 207 g/mol. The van der Waals surface area contributed by atoms with Crippen LogP contribution < -0.4 is 5.32 Å². The average Bonchev–Trinajstić information content (AvgIpc) is 2.01. The Labute approximate surface area is 79.4 Å². The number of alkyl halides is 4. The number of nitrogens with one attached hydrogen (secondary N) is 1. The van der Waals surface area contributed by atoms with Gasteiger partial charge in [-0.15, -0.1) is 11.6 Å².